The van der Waals surface area contributed by atoms with Crippen LogP contribution in [-0.2, 0) is 16.8 Å². The van der Waals surface area contributed by atoms with Crippen molar-refractivity contribution >= 4 is 23.9 Å². The highest BCUT2D eigenvalue weighted by molar-refractivity contribution is 6.21. The van der Waals surface area contributed by atoms with Crippen molar-refractivity contribution < 1.29 is 24.6 Å². The Morgan fingerprint density at radius 2 is 1.43 bits per heavy atom. The number of aliphatic carboxylic acids is 1. The molecule has 4 bridgehead atoms. The fourth-order valence-corrected chi connectivity index (χ4v) is 8.33. The summed E-state index contributed by atoms with van der Waals surface area (Å²) < 4.78 is 0. The third-order valence-electron chi connectivity index (χ3n) is 9.67. The summed E-state index contributed by atoms with van der Waals surface area (Å²) >= 11 is 0. The van der Waals surface area contributed by atoms with Gasteiger partial charge >= 0.3 is 5.97 Å². The number of phenols is 1. The van der Waals surface area contributed by atoms with Crippen LogP contribution in [0.4, 0.5) is 0 Å². The van der Waals surface area contributed by atoms with Crippen LogP contribution in [0.1, 0.15) is 75.9 Å². The van der Waals surface area contributed by atoms with Gasteiger partial charge in [0, 0.05) is 17.2 Å². The Bertz CT molecular complexity index is 1510. The molecule has 1 aliphatic heterocycles. The Labute approximate surface area is 233 Å². The Morgan fingerprint density at radius 3 is 1.98 bits per heavy atom. The number of amides is 2. The van der Waals surface area contributed by atoms with Crippen molar-refractivity contribution in [2.24, 2.45) is 17.8 Å². The summed E-state index contributed by atoms with van der Waals surface area (Å²) in [6, 6.07) is 18.5. The molecule has 0 atom stereocenters. The SMILES string of the molecule is O=C(O)C=Cc1ccc(-c2cc(CN3C(=O)c4ccccc4C3=O)c(O)c(C34CC5CC(CC(C5)C3)C4)c2)cc1. The van der Waals surface area contributed by atoms with Crippen molar-refractivity contribution in [3.05, 3.63) is 94.6 Å². The molecule has 4 saturated carbocycles. The predicted molar refractivity (Wildman–Crippen MR) is 151 cm³/mol. The average Bonchev–Trinajstić information content (AvgIpc) is 3.17. The van der Waals surface area contributed by atoms with E-state index < -0.39 is 5.97 Å². The fourth-order valence-electron chi connectivity index (χ4n) is 8.33. The minimum Gasteiger partial charge on any atom is -0.507 e. The second-order valence-electron chi connectivity index (χ2n) is 12.3. The molecule has 0 aromatic heterocycles. The maximum atomic E-state index is 13.2. The van der Waals surface area contributed by atoms with Crippen molar-refractivity contribution in [1.82, 2.24) is 4.90 Å². The predicted octanol–water partition coefficient (Wildman–Crippen LogP) is 6.42. The van der Waals surface area contributed by atoms with Gasteiger partial charge in [-0.15, -0.1) is 0 Å². The minimum atomic E-state index is -0.999. The number of carboxylic acid groups (broad SMARTS) is 1. The number of imide groups is 1. The molecule has 0 radical (unpaired) electrons. The van der Waals surface area contributed by atoms with E-state index in [2.05, 4.69) is 6.07 Å². The van der Waals surface area contributed by atoms with E-state index in [4.69, 9.17) is 5.11 Å². The lowest BCUT2D eigenvalue weighted by Gasteiger charge is -2.57. The van der Waals surface area contributed by atoms with Gasteiger partial charge in [-0.05, 0) is 109 Å². The summed E-state index contributed by atoms with van der Waals surface area (Å²) in [5.74, 6) is 0.606. The second kappa shape index (κ2) is 9.19. The van der Waals surface area contributed by atoms with Gasteiger partial charge in [-0.3, -0.25) is 14.5 Å². The smallest absolute Gasteiger partial charge is 0.328 e. The van der Waals surface area contributed by atoms with Crippen LogP contribution in [0.5, 0.6) is 5.75 Å². The van der Waals surface area contributed by atoms with Crippen LogP contribution in [0, 0.1) is 17.8 Å². The molecule has 8 rings (SSSR count). The van der Waals surface area contributed by atoms with Gasteiger partial charge in [0.15, 0.2) is 0 Å². The summed E-state index contributed by atoms with van der Waals surface area (Å²) in [5.41, 5.74) is 4.86. The molecule has 0 saturated heterocycles. The van der Waals surface area contributed by atoms with E-state index >= 15 is 0 Å². The van der Waals surface area contributed by atoms with Gasteiger partial charge in [-0.25, -0.2) is 4.79 Å². The molecule has 2 amide bonds. The number of carbonyl (C=O) groups excluding carboxylic acids is 2. The standard InChI is InChI=1S/C34H31NO5/c36-30(37)10-7-20-5-8-24(9-6-20)25-14-26(19-35-32(39)27-3-1-2-4-28(27)33(35)40)31(38)29(15-25)34-16-21-11-22(17-34)13-23(12-21)18-34/h1-10,14-15,21-23,38H,11-13,16-19H2,(H,36,37). The monoisotopic (exact) mass is 533 g/mol. The van der Waals surface area contributed by atoms with Crippen molar-refractivity contribution in [1.29, 1.82) is 0 Å². The second-order valence-corrected chi connectivity index (χ2v) is 12.3. The van der Waals surface area contributed by atoms with Crippen molar-refractivity contribution in [2.45, 2.75) is 50.5 Å². The molecule has 40 heavy (non-hydrogen) atoms. The molecule has 202 valence electrons. The first-order chi connectivity index (χ1) is 19.3. The highest BCUT2D eigenvalue weighted by Crippen LogP contribution is 2.62. The molecule has 0 unspecified atom stereocenters. The van der Waals surface area contributed by atoms with Crippen LogP contribution in [-0.4, -0.2) is 32.9 Å². The van der Waals surface area contributed by atoms with E-state index in [1.165, 1.54) is 24.2 Å². The maximum Gasteiger partial charge on any atom is 0.328 e. The lowest BCUT2D eigenvalue weighted by molar-refractivity contribution is -0.131. The molecule has 3 aromatic carbocycles. The number of hydrogen-bond donors (Lipinski definition) is 2. The van der Waals surface area contributed by atoms with Crippen LogP contribution < -0.4 is 0 Å². The van der Waals surface area contributed by atoms with Crippen LogP contribution >= 0.6 is 0 Å². The van der Waals surface area contributed by atoms with Gasteiger partial charge in [-0.1, -0.05) is 36.4 Å². The van der Waals surface area contributed by atoms with E-state index in [1.807, 2.05) is 30.3 Å². The van der Waals surface area contributed by atoms with Gasteiger partial charge in [0.2, 0.25) is 0 Å². The van der Waals surface area contributed by atoms with E-state index in [0.29, 0.717) is 34.4 Å². The number of nitrogens with zero attached hydrogens (tertiary/aromatic N) is 1. The van der Waals surface area contributed by atoms with E-state index in [9.17, 15) is 19.5 Å². The molecule has 6 heteroatoms. The molecule has 6 nitrogen and oxygen atoms in total. The number of carbonyl (C=O) groups is 3. The first-order valence-electron chi connectivity index (χ1n) is 14.1. The summed E-state index contributed by atoms with van der Waals surface area (Å²) in [7, 11) is 0. The van der Waals surface area contributed by atoms with Gasteiger partial charge in [0.1, 0.15) is 5.75 Å². The highest BCUT2D eigenvalue weighted by atomic mass is 16.4. The fraction of sp³-hybridized carbons (Fsp3) is 0.324. The zero-order valence-corrected chi connectivity index (χ0v) is 22.2. The van der Waals surface area contributed by atoms with Crippen LogP contribution in [0.15, 0.2) is 66.7 Å². The van der Waals surface area contributed by atoms with Crippen LogP contribution in [0.25, 0.3) is 17.2 Å². The van der Waals surface area contributed by atoms with Gasteiger partial charge in [0.05, 0.1) is 17.7 Å². The number of phenolic OH excluding ortho intramolecular Hbond substituents is 1. The molecule has 2 N–H and O–H groups in total. The molecular formula is C34H31NO5. The average molecular weight is 534 g/mol. The first-order valence-corrected chi connectivity index (χ1v) is 14.1. The number of carboxylic acids is 1. The van der Waals surface area contributed by atoms with Crippen molar-refractivity contribution in [3.63, 3.8) is 0 Å². The van der Waals surface area contributed by atoms with Gasteiger partial charge < -0.3 is 10.2 Å². The third-order valence-corrected chi connectivity index (χ3v) is 9.67. The van der Waals surface area contributed by atoms with Crippen LogP contribution in [0.3, 0.4) is 0 Å². The largest absolute Gasteiger partial charge is 0.507 e. The lowest BCUT2D eigenvalue weighted by atomic mass is 9.48. The summed E-state index contributed by atoms with van der Waals surface area (Å²) in [5, 5.41) is 20.8. The number of rotatable bonds is 6. The summed E-state index contributed by atoms with van der Waals surface area (Å²) in [6.45, 7) is 0.00478. The molecule has 4 aliphatic carbocycles. The number of hydrogen-bond acceptors (Lipinski definition) is 4. The maximum absolute atomic E-state index is 13.2. The van der Waals surface area contributed by atoms with E-state index in [0.717, 1.165) is 47.6 Å². The number of benzene rings is 3. The van der Waals surface area contributed by atoms with Gasteiger partial charge in [-0.2, -0.15) is 0 Å². The first kappa shape index (κ1) is 24.8. The molecule has 1 heterocycles. The Balaban J connectivity index is 1.31. The Hall–Kier alpha value is -4.19. The van der Waals surface area contributed by atoms with E-state index in [1.54, 1.807) is 30.3 Å². The molecule has 0 spiro atoms. The van der Waals surface area contributed by atoms with Crippen LogP contribution in [0.2, 0.25) is 0 Å². The Kier molecular flexibility index (Phi) is 5.70. The van der Waals surface area contributed by atoms with Crippen molar-refractivity contribution in [2.75, 3.05) is 0 Å². The summed E-state index contributed by atoms with van der Waals surface area (Å²) in [6.07, 6.45) is 9.73. The molecular weight excluding hydrogens is 502 g/mol. The zero-order chi connectivity index (χ0) is 27.6. The van der Waals surface area contributed by atoms with Crippen molar-refractivity contribution in [3.8, 4) is 16.9 Å². The van der Waals surface area contributed by atoms with Gasteiger partial charge in [0.25, 0.3) is 11.8 Å². The number of fused-ring (bicyclic) bond motifs is 1. The summed E-state index contributed by atoms with van der Waals surface area (Å²) in [4.78, 5) is 38.6. The topological polar surface area (TPSA) is 94.9 Å². The minimum absolute atomic E-state index is 0.00478. The van der Waals surface area contributed by atoms with E-state index in [-0.39, 0.29) is 29.5 Å². The highest BCUT2D eigenvalue weighted by Gasteiger charge is 2.52. The quantitative estimate of drug-likeness (QED) is 0.282. The normalized spacial score (nSPS) is 26.6. The third kappa shape index (κ3) is 4.05. The molecule has 5 aliphatic rings. The molecule has 3 aromatic rings. The molecule has 4 fully saturated rings. The number of aromatic hydroxyl groups is 1. The Morgan fingerprint density at radius 1 is 0.850 bits per heavy atom. The zero-order valence-electron chi connectivity index (χ0n) is 22.2. The lowest BCUT2D eigenvalue weighted by Crippen LogP contribution is -2.48.